The van der Waals surface area contributed by atoms with Gasteiger partial charge in [0.2, 0.25) is 5.95 Å². The molecule has 0 amide bonds. The molecule has 147 valence electrons. The van der Waals surface area contributed by atoms with E-state index in [1.54, 1.807) is 0 Å². The number of fused-ring (bicyclic) bond motifs is 1. The van der Waals surface area contributed by atoms with E-state index in [1.807, 2.05) is 25.2 Å². The van der Waals surface area contributed by atoms with Crippen molar-refractivity contribution in [3.8, 4) is 11.3 Å². The van der Waals surface area contributed by atoms with E-state index in [1.165, 1.54) is 0 Å². The van der Waals surface area contributed by atoms with Gasteiger partial charge in [0.1, 0.15) is 5.82 Å². The van der Waals surface area contributed by atoms with Crippen molar-refractivity contribution in [1.82, 2.24) is 20.2 Å². The molecular weight excluding hydrogens is 350 g/mol. The summed E-state index contributed by atoms with van der Waals surface area (Å²) in [5, 5.41) is 11.1. The van der Waals surface area contributed by atoms with E-state index in [9.17, 15) is 0 Å². The number of nitrogens with two attached hydrogens (primary N) is 1. The Morgan fingerprint density at radius 1 is 1.21 bits per heavy atom. The maximum atomic E-state index is 5.90. The summed E-state index contributed by atoms with van der Waals surface area (Å²) in [5.74, 6) is 2.09. The molecule has 7 heteroatoms. The molecule has 28 heavy (non-hydrogen) atoms. The fourth-order valence-corrected chi connectivity index (χ4v) is 3.92. The number of anilines is 3. The average Bonchev–Trinajstić information content (AvgIpc) is 3.07. The molecule has 1 atom stereocenters. The highest BCUT2D eigenvalue weighted by molar-refractivity contribution is 5.91. The Labute approximate surface area is 165 Å². The molecule has 0 aliphatic carbocycles. The molecule has 4 rings (SSSR count). The second-order valence-corrected chi connectivity index (χ2v) is 8.44. The summed E-state index contributed by atoms with van der Waals surface area (Å²) in [6, 6.07) is 8.47. The Bertz CT molecular complexity index is 986. The van der Waals surface area contributed by atoms with Crippen LogP contribution in [0.4, 0.5) is 17.6 Å². The first-order valence-electron chi connectivity index (χ1n) is 9.77. The average molecular weight is 379 g/mol. The van der Waals surface area contributed by atoms with Crippen LogP contribution < -0.4 is 16.0 Å². The minimum absolute atomic E-state index is 0.137. The molecule has 4 N–H and O–H groups in total. The van der Waals surface area contributed by atoms with Crippen molar-refractivity contribution in [2.24, 2.45) is 5.41 Å². The third-order valence-electron chi connectivity index (χ3n) is 5.33. The molecule has 3 heterocycles. The lowest BCUT2D eigenvalue weighted by molar-refractivity contribution is 0.308. The molecule has 0 spiro atoms. The van der Waals surface area contributed by atoms with Crippen LogP contribution in [0.15, 0.2) is 24.3 Å². The summed E-state index contributed by atoms with van der Waals surface area (Å²) >= 11 is 0. The predicted octanol–water partition coefficient (Wildman–Crippen LogP) is 3.86. The van der Waals surface area contributed by atoms with Crippen LogP contribution in [0.25, 0.3) is 22.2 Å². The molecular formula is C21H28N7. The van der Waals surface area contributed by atoms with Crippen molar-refractivity contribution in [2.75, 3.05) is 29.5 Å². The summed E-state index contributed by atoms with van der Waals surface area (Å²) in [4.78, 5) is 11.9. The van der Waals surface area contributed by atoms with Crippen LogP contribution in [0, 0.1) is 11.8 Å². The lowest BCUT2D eigenvalue weighted by atomic mass is 9.80. The predicted molar refractivity (Wildman–Crippen MR) is 115 cm³/mol. The topological polar surface area (TPSA) is 95.8 Å². The normalized spacial score (nSPS) is 17.9. The number of piperidine rings is 1. The van der Waals surface area contributed by atoms with Crippen LogP contribution in [0.5, 0.6) is 0 Å². The van der Waals surface area contributed by atoms with Crippen molar-refractivity contribution in [3.63, 3.8) is 0 Å². The summed E-state index contributed by atoms with van der Waals surface area (Å²) in [7, 11) is 1.85. The smallest absolute Gasteiger partial charge is 0.224 e. The standard InChI is InChI=1S/C21H28N7/c1-21(2,3)17-7-5-6-10-28(17)18-12-15(24-20(23-4)25-18)13-8-9-14-16(11-13)26-27-19(14)22/h7-9,11-12,17H,5-6,10H2,1-4H3,(H3,22,26,27)(H,23,24,25). The number of aromatic amines is 1. The molecule has 3 aromatic rings. The highest BCUT2D eigenvalue weighted by Gasteiger charge is 2.33. The van der Waals surface area contributed by atoms with Gasteiger partial charge in [-0.15, -0.1) is 0 Å². The molecule has 1 aliphatic heterocycles. The zero-order chi connectivity index (χ0) is 19.9. The minimum Gasteiger partial charge on any atom is -0.382 e. The van der Waals surface area contributed by atoms with Crippen molar-refractivity contribution in [2.45, 2.75) is 39.7 Å². The number of nitrogen functional groups attached to an aromatic ring is 1. The van der Waals surface area contributed by atoms with Gasteiger partial charge in [-0.2, -0.15) is 10.1 Å². The van der Waals surface area contributed by atoms with Crippen LogP contribution in [0.1, 0.15) is 33.6 Å². The van der Waals surface area contributed by atoms with E-state index in [-0.39, 0.29) is 5.41 Å². The first-order chi connectivity index (χ1) is 13.4. The summed E-state index contributed by atoms with van der Waals surface area (Å²) in [5.41, 5.74) is 8.82. The molecule has 1 radical (unpaired) electrons. The molecule has 1 fully saturated rings. The summed E-state index contributed by atoms with van der Waals surface area (Å²) in [6.45, 7) is 7.84. The largest absolute Gasteiger partial charge is 0.382 e. The summed E-state index contributed by atoms with van der Waals surface area (Å²) < 4.78 is 0. The molecule has 2 aromatic heterocycles. The first kappa shape index (κ1) is 18.5. The van der Waals surface area contributed by atoms with Gasteiger partial charge in [-0.25, -0.2) is 4.98 Å². The molecule has 1 aromatic carbocycles. The first-order valence-corrected chi connectivity index (χ1v) is 9.77. The fraction of sp³-hybridized carbons (Fsp3) is 0.429. The Kier molecular flexibility index (Phi) is 4.61. The van der Waals surface area contributed by atoms with Crippen molar-refractivity contribution < 1.29 is 0 Å². The third-order valence-corrected chi connectivity index (χ3v) is 5.33. The number of benzene rings is 1. The van der Waals surface area contributed by atoms with E-state index >= 15 is 0 Å². The molecule has 0 bridgehead atoms. The monoisotopic (exact) mass is 378 g/mol. The number of nitrogens with one attached hydrogen (secondary N) is 2. The number of aromatic nitrogens is 4. The number of hydrogen-bond acceptors (Lipinski definition) is 6. The van der Waals surface area contributed by atoms with Crippen LogP contribution in [-0.4, -0.2) is 39.8 Å². The van der Waals surface area contributed by atoms with Crippen LogP contribution in [0.2, 0.25) is 0 Å². The number of rotatable bonds is 3. The minimum atomic E-state index is 0.137. The quantitative estimate of drug-likeness (QED) is 0.640. The molecule has 1 aliphatic rings. The van der Waals surface area contributed by atoms with Gasteiger partial charge >= 0.3 is 0 Å². The zero-order valence-electron chi connectivity index (χ0n) is 17.0. The van der Waals surface area contributed by atoms with Gasteiger partial charge in [-0.1, -0.05) is 26.8 Å². The Morgan fingerprint density at radius 3 is 2.79 bits per heavy atom. The Hall–Kier alpha value is -2.83. The van der Waals surface area contributed by atoms with Crippen LogP contribution in [-0.2, 0) is 0 Å². The molecule has 1 saturated heterocycles. The van der Waals surface area contributed by atoms with Crippen LogP contribution >= 0.6 is 0 Å². The number of nitrogens with zero attached hydrogens (tertiary/aromatic N) is 4. The van der Waals surface area contributed by atoms with E-state index in [2.05, 4.69) is 53.7 Å². The van der Waals surface area contributed by atoms with Crippen molar-refractivity contribution in [1.29, 1.82) is 0 Å². The SMILES string of the molecule is CNc1nc(-c2ccc3c(N)n[nH]c3c2)cc(N2CCC[CH]C2C(C)(C)C)n1. The zero-order valence-corrected chi connectivity index (χ0v) is 17.0. The maximum absolute atomic E-state index is 5.90. The van der Waals surface area contributed by atoms with Gasteiger partial charge in [-0.05, 0) is 36.8 Å². The van der Waals surface area contributed by atoms with E-state index in [0.29, 0.717) is 17.8 Å². The number of H-pyrrole nitrogens is 1. The molecule has 0 saturated carbocycles. The van der Waals surface area contributed by atoms with E-state index < -0.39 is 0 Å². The Morgan fingerprint density at radius 2 is 2.04 bits per heavy atom. The van der Waals surface area contributed by atoms with Gasteiger partial charge in [0, 0.05) is 36.7 Å². The second-order valence-electron chi connectivity index (χ2n) is 8.44. The van der Waals surface area contributed by atoms with Crippen LogP contribution in [0.3, 0.4) is 0 Å². The Balaban J connectivity index is 1.78. The van der Waals surface area contributed by atoms with Gasteiger partial charge in [0.05, 0.1) is 11.2 Å². The van der Waals surface area contributed by atoms with E-state index in [4.69, 9.17) is 15.7 Å². The van der Waals surface area contributed by atoms with Gasteiger partial charge < -0.3 is 16.0 Å². The summed E-state index contributed by atoms with van der Waals surface area (Å²) in [6.07, 6.45) is 4.71. The fourth-order valence-electron chi connectivity index (χ4n) is 3.92. The van der Waals surface area contributed by atoms with Gasteiger partial charge in [-0.3, -0.25) is 5.10 Å². The molecule has 7 nitrogen and oxygen atoms in total. The lowest BCUT2D eigenvalue weighted by Crippen LogP contribution is -2.48. The van der Waals surface area contributed by atoms with Crippen molar-refractivity contribution in [3.05, 3.63) is 30.7 Å². The second kappa shape index (κ2) is 6.96. The lowest BCUT2D eigenvalue weighted by Gasteiger charge is -2.44. The molecule has 1 unspecified atom stereocenters. The van der Waals surface area contributed by atoms with Gasteiger partial charge in [0.15, 0.2) is 5.82 Å². The number of hydrogen-bond donors (Lipinski definition) is 3. The van der Waals surface area contributed by atoms with E-state index in [0.717, 1.165) is 47.4 Å². The maximum Gasteiger partial charge on any atom is 0.224 e. The highest BCUT2D eigenvalue weighted by atomic mass is 15.3. The van der Waals surface area contributed by atoms with Crippen molar-refractivity contribution >= 4 is 28.5 Å². The third kappa shape index (κ3) is 3.37. The van der Waals surface area contributed by atoms with Gasteiger partial charge in [0.25, 0.3) is 0 Å². The highest BCUT2D eigenvalue weighted by Crippen LogP contribution is 2.35.